The Hall–Kier alpha value is -3.12. The molecule has 5 nitrogen and oxygen atoms in total. The largest absolute Gasteiger partial charge is 0.366 e. The first-order chi connectivity index (χ1) is 14.2. The smallest absolute Gasteiger partial charge is 0.249 e. The first-order valence-corrected chi connectivity index (χ1v) is 11.7. The van der Waals surface area contributed by atoms with Crippen LogP contribution in [0.5, 0.6) is 0 Å². The van der Waals surface area contributed by atoms with Crippen molar-refractivity contribution in [1.82, 2.24) is 4.57 Å². The summed E-state index contributed by atoms with van der Waals surface area (Å²) in [5.41, 5.74) is 10.1. The Morgan fingerprint density at radius 1 is 1.00 bits per heavy atom. The maximum atomic E-state index is 12.1. The predicted octanol–water partition coefficient (Wildman–Crippen LogP) is 4.47. The lowest BCUT2D eigenvalue weighted by Crippen LogP contribution is -2.11. The van der Waals surface area contributed by atoms with Crippen LogP contribution in [0, 0.1) is 0 Å². The second-order valence-corrected chi connectivity index (χ2v) is 10.0. The monoisotopic (exact) mass is 420 g/mol. The van der Waals surface area contributed by atoms with E-state index in [1.54, 1.807) is 24.3 Å². The summed E-state index contributed by atoms with van der Waals surface area (Å²) in [4.78, 5) is 12.4. The standard InChI is InChI=1S/C24H24N2O3S/c1-15(2)17-10-11-19-22(13-17)26(21-9-5-8-20(23(19)21)24(25)27)14-16-6-4-7-18(12-16)30(3,28)29/h4-13,15H,14H2,1-3H3,(H2,25,27). The summed E-state index contributed by atoms with van der Waals surface area (Å²) in [5, 5.41) is 1.79. The highest BCUT2D eigenvalue weighted by atomic mass is 32.2. The van der Waals surface area contributed by atoms with Crippen molar-refractivity contribution in [3.63, 3.8) is 0 Å². The second-order valence-electron chi connectivity index (χ2n) is 8.00. The zero-order valence-corrected chi connectivity index (χ0v) is 18.0. The number of aromatic nitrogens is 1. The zero-order valence-electron chi connectivity index (χ0n) is 17.2. The van der Waals surface area contributed by atoms with Crippen molar-refractivity contribution in [2.75, 3.05) is 6.26 Å². The van der Waals surface area contributed by atoms with E-state index in [2.05, 4.69) is 30.5 Å². The van der Waals surface area contributed by atoms with Gasteiger partial charge in [-0.05, 0) is 47.4 Å². The Balaban J connectivity index is 2.01. The van der Waals surface area contributed by atoms with Gasteiger partial charge in [-0.3, -0.25) is 4.79 Å². The van der Waals surface area contributed by atoms with Gasteiger partial charge >= 0.3 is 0 Å². The van der Waals surface area contributed by atoms with Crippen LogP contribution >= 0.6 is 0 Å². The molecule has 30 heavy (non-hydrogen) atoms. The molecule has 1 amide bonds. The topological polar surface area (TPSA) is 82.2 Å². The van der Waals surface area contributed by atoms with Crippen molar-refractivity contribution in [3.8, 4) is 0 Å². The third-order valence-electron chi connectivity index (χ3n) is 5.51. The lowest BCUT2D eigenvalue weighted by Gasteiger charge is -2.11. The Morgan fingerprint density at radius 2 is 1.73 bits per heavy atom. The Kier molecular flexibility index (Phi) is 4.90. The molecule has 0 atom stereocenters. The van der Waals surface area contributed by atoms with Crippen LogP contribution in [-0.2, 0) is 16.4 Å². The summed E-state index contributed by atoms with van der Waals surface area (Å²) in [6.07, 6.45) is 1.21. The van der Waals surface area contributed by atoms with E-state index < -0.39 is 15.7 Å². The van der Waals surface area contributed by atoms with Crippen molar-refractivity contribution in [2.24, 2.45) is 5.73 Å². The van der Waals surface area contributed by atoms with Gasteiger partial charge in [0.25, 0.3) is 0 Å². The molecule has 0 aliphatic heterocycles. The van der Waals surface area contributed by atoms with Crippen LogP contribution in [0.2, 0.25) is 0 Å². The van der Waals surface area contributed by atoms with Gasteiger partial charge in [0.05, 0.1) is 10.4 Å². The quantitative estimate of drug-likeness (QED) is 0.517. The summed E-state index contributed by atoms with van der Waals surface area (Å²) >= 11 is 0. The minimum absolute atomic E-state index is 0.293. The van der Waals surface area contributed by atoms with Gasteiger partial charge in [0.1, 0.15) is 0 Å². The van der Waals surface area contributed by atoms with E-state index >= 15 is 0 Å². The molecule has 6 heteroatoms. The minimum atomic E-state index is -3.30. The summed E-state index contributed by atoms with van der Waals surface area (Å²) in [6.45, 7) is 4.75. The number of benzene rings is 3. The molecular weight excluding hydrogens is 396 g/mol. The van der Waals surface area contributed by atoms with E-state index in [1.165, 1.54) is 11.8 Å². The normalized spacial score (nSPS) is 12.1. The molecule has 0 bridgehead atoms. The molecule has 0 aliphatic carbocycles. The van der Waals surface area contributed by atoms with Crippen LogP contribution < -0.4 is 5.73 Å². The van der Waals surface area contributed by atoms with E-state index in [4.69, 9.17) is 5.73 Å². The number of hydrogen-bond donors (Lipinski definition) is 1. The second kappa shape index (κ2) is 7.29. The Labute approximate surface area is 176 Å². The van der Waals surface area contributed by atoms with Crippen molar-refractivity contribution in [2.45, 2.75) is 31.2 Å². The number of sulfone groups is 1. The molecule has 154 valence electrons. The van der Waals surface area contributed by atoms with E-state index in [0.717, 1.165) is 27.4 Å². The van der Waals surface area contributed by atoms with Gasteiger partial charge in [-0.1, -0.05) is 44.2 Å². The fourth-order valence-corrected chi connectivity index (χ4v) is 4.64. The van der Waals surface area contributed by atoms with Gasteiger partial charge in [-0.2, -0.15) is 0 Å². The number of nitrogens with zero attached hydrogens (tertiary/aromatic N) is 1. The Morgan fingerprint density at radius 3 is 2.40 bits per heavy atom. The molecule has 1 aromatic heterocycles. The van der Waals surface area contributed by atoms with Crippen LogP contribution in [0.1, 0.15) is 41.3 Å². The van der Waals surface area contributed by atoms with Gasteiger partial charge in [0, 0.05) is 34.7 Å². The lowest BCUT2D eigenvalue weighted by atomic mass is 10.00. The third-order valence-corrected chi connectivity index (χ3v) is 6.62. The van der Waals surface area contributed by atoms with Crippen LogP contribution in [-0.4, -0.2) is 25.1 Å². The van der Waals surface area contributed by atoms with Crippen LogP contribution in [0.15, 0.2) is 65.6 Å². The molecule has 0 aliphatic rings. The molecule has 0 saturated heterocycles. The highest BCUT2D eigenvalue weighted by Crippen LogP contribution is 2.34. The van der Waals surface area contributed by atoms with Gasteiger partial charge < -0.3 is 10.3 Å². The van der Waals surface area contributed by atoms with Gasteiger partial charge in [-0.15, -0.1) is 0 Å². The van der Waals surface area contributed by atoms with Crippen LogP contribution in [0.4, 0.5) is 0 Å². The lowest BCUT2D eigenvalue weighted by molar-refractivity contribution is 0.100. The van der Waals surface area contributed by atoms with Crippen LogP contribution in [0.3, 0.4) is 0 Å². The highest BCUT2D eigenvalue weighted by molar-refractivity contribution is 7.90. The molecule has 0 radical (unpaired) electrons. The first kappa shape index (κ1) is 20.2. The van der Waals surface area contributed by atoms with Gasteiger partial charge in [0.15, 0.2) is 9.84 Å². The molecule has 4 rings (SSSR count). The molecule has 0 spiro atoms. The first-order valence-electron chi connectivity index (χ1n) is 9.80. The van der Waals surface area contributed by atoms with Crippen molar-refractivity contribution in [3.05, 3.63) is 77.4 Å². The summed E-state index contributed by atoms with van der Waals surface area (Å²) in [5.74, 6) is -0.114. The molecule has 1 heterocycles. The number of carbonyl (C=O) groups is 1. The van der Waals surface area contributed by atoms with Crippen molar-refractivity contribution >= 4 is 37.6 Å². The zero-order chi connectivity index (χ0) is 21.6. The molecule has 0 fully saturated rings. The van der Waals surface area contributed by atoms with Gasteiger partial charge in [0.2, 0.25) is 5.91 Å². The third kappa shape index (κ3) is 3.48. The molecular formula is C24H24N2O3S. The number of primary amides is 1. The number of amides is 1. The number of fused-ring (bicyclic) bond motifs is 3. The Bertz CT molecular complexity index is 1400. The molecule has 4 aromatic rings. The molecule has 2 N–H and O–H groups in total. The van der Waals surface area contributed by atoms with Crippen molar-refractivity contribution < 1.29 is 13.2 Å². The average Bonchev–Trinajstić information content (AvgIpc) is 3.00. The van der Waals surface area contributed by atoms with Gasteiger partial charge in [-0.25, -0.2) is 8.42 Å². The number of carbonyl (C=O) groups excluding carboxylic acids is 1. The van der Waals surface area contributed by atoms with E-state index in [-0.39, 0.29) is 0 Å². The average molecular weight is 421 g/mol. The fourth-order valence-electron chi connectivity index (χ4n) is 3.95. The van der Waals surface area contributed by atoms with Crippen molar-refractivity contribution in [1.29, 1.82) is 0 Å². The molecule has 0 saturated carbocycles. The predicted molar refractivity (Wildman–Crippen MR) is 121 cm³/mol. The fraction of sp³-hybridized carbons (Fsp3) is 0.208. The SMILES string of the molecule is CC(C)c1ccc2c3c(C(N)=O)cccc3n(Cc3cccc(S(C)(=O)=O)c3)c2c1. The maximum absolute atomic E-state index is 12.1. The molecule has 0 unspecified atom stereocenters. The highest BCUT2D eigenvalue weighted by Gasteiger charge is 2.18. The van der Waals surface area contributed by atoms with Crippen LogP contribution in [0.25, 0.3) is 21.8 Å². The summed E-state index contributed by atoms with van der Waals surface area (Å²) in [6, 6.07) is 18.8. The molecule has 3 aromatic carbocycles. The van der Waals surface area contributed by atoms with E-state index in [9.17, 15) is 13.2 Å². The minimum Gasteiger partial charge on any atom is -0.366 e. The number of rotatable bonds is 5. The summed E-state index contributed by atoms with van der Waals surface area (Å²) < 4.78 is 26.1. The maximum Gasteiger partial charge on any atom is 0.249 e. The summed E-state index contributed by atoms with van der Waals surface area (Å²) in [7, 11) is -3.30. The van der Waals surface area contributed by atoms with E-state index in [0.29, 0.717) is 22.9 Å². The number of hydrogen-bond acceptors (Lipinski definition) is 3. The number of nitrogens with two attached hydrogens (primary N) is 1. The van der Waals surface area contributed by atoms with E-state index in [1.807, 2.05) is 24.3 Å².